The average molecular weight is 287 g/mol. The van der Waals surface area contributed by atoms with E-state index in [9.17, 15) is 9.90 Å². The van der Waals surface area contributed by atoms with E-state index in [4.69, 9.17) is 0 Å². The molecule has 0 radical (unpaired) electrons. The number of aliphatic hydroxyl groups is 1. The van der Waals surface area contributed by atoms with Crippen molar-refractivity contribution in [1.82, 2.24) is 4.90 Å². The van der Waals surface area contributed by atoms with E-state index >= 15 is 0 Å². The fourth-order valence-electron chi connectivity index (χ4n) is 4.22. The van der Waals surface area contributed by atoms with Gasteiger partial charge in [-0.15, -0.1) is 0 Å². The summed E-state index contributed by atoms with van der Waals surface area (Å²) in [6.07, 6.45) is 5.04. The van der Waals surface area contributed by atoms with E-state index in [0.29, 0.717) is 24.4 Å². The van der Waals surface area contributed by atoms with Gasteiger partial charge in [-0.3, -0.25) is 4.79 Å². The molecule has 1 N–H and O–H groups in total. The fourth-order valence-corrected chi connectivity index (χ4v) is 4.22. The number of nitrogens with zero attached hydrogens (tertiary/aromatic N) is 1. The maximum Gasteiger partial charge on any atom is 0.220 e. The van der Waals surface area contributed by atoms with Crippen LogP contribution in [0.5, 0.6) is 0 Å². The first-order chi connectivity index (χ1) is 10.1. The fraction of sp³-hybridized carbons (Fsp3) is 0.611. The van der Waals surface area contributed by atoms with Gasteiger partial charge < -0.3 is 10.0 Å². The Labute approximate surface area is 127 Å². The molecule has 2 aliphatic carbocycles. The minimum atomic E-state index is -0.109. The van der Waals surface area contributed by atoms with Crippen LogP contribution in [0.15, 0.2) is 30.3 Å². The van der Waals surface area contributed by atoms with E-state index in [1.807, 2.05) is 18.2 Å². The van der Waals surface area contributed by atoms with Crippen LogP contribution >= 0.6 is 0 Å². The lowest BCUT2D eigenvalue weighted by molar-refractivity contribution is -0.135. The van der Waals surface area contributed by atoms with E-state index in [1.54, 1.807) is 6.92 Å². The first-order valence-corrected chi connectivity index (χ1v) is 8.14. The van der Waals surface area contributed by atoms with Crippen molar-refractivity contribution in [3.05, 3.63) is 35.9 Å². The summed E-state index contributed by atoms with van der Waals surface area (Å²) in [6.45, 7) is 2.40. The van der Waals surface area contributed by atoms with Gasteiger partial charge in [-0.25, -0.2) is 0 Å². The summed E-state index contributed by atoms with van der Waals surface area (Å²) in [5.74, 6) is 1.21. The van der Waals surface area contributed by atoms with E-state index in [1.165, 1.54) is 5.56 Å². The van der Waals surface area contributed by atoms with Crippen LogP contribution in [0.2, 0.25) is 0 Å². The third kappa shape index (κ3) is 3.13. The van der Waals surface area contributed by atoms with Crippen LogP contribution in [0.1, 0.15) is 44.6 Å². The molecule has 0 unspecified atom stereocenters. The molecule has 0 saturated heterocycles. The van der Waals surface area contributed by atoms with Crippen molar-refractivity contribution in [2.24, 2.45) is 11.8 Å². The molecular formula is C18H25NO2. The normalized spacial score (nSPS) is 31.7. The molecule has 0 heterocycles. The second-order valence-corrected chi connectivity index (χ2v) is 6.68. The van der Waals surface area contributed by atoms with Crippen molar-refractivity contribution < 1.29 is 9.90 Å². The zero-order valence-electron chi connectivity index (χ0n) is 12.7. The topological polar surface area (TPSA) is 40.5 Å². The summed E-state index contributed by atoms with van der Waals surface area (Å²) in [5.41, 5.74) is 1.20. The highest BCUT2D eigenvalue weighted by atomic mass is 16.3. The number of aliphatic hydroxyl groups excluding tert-OH is 1. The summed E-state index contributed by atoms with van der Waals surface area (Å²) >= 11 is 0. The van der Waals surface area contributed by atoms with Crippen LogP contribution in [-0.4, -0.2) is 28.1 Å². The van der Waals surface area contributed by atoms with Gasteiger partial charge in [0.25, 0.3) is 0 Å². The van der Waals surface area contributed by atoms with Crippen molar-refractivity contribution in [3.8, 4) is 0 Å². The molecule has 0 aliphatic heterocycles. The lowest BCUT2D eigenvalue weighted by Gasteiger charge is -2.46. The molecule has 4 atom stereocenters. The maximum absolute atomic E-state index is 12.1. The smallest absolute Gasteiger partial charge is 0.220 e. The van der Waals surface area contributed by atoms with Crippen LogP contribution in [0.4, 0.5) is 0 Å². The number of benzene rings is 1. The molecule has 21 heavy (non-hydrogen) atoms. The largest absolute Gasteiger partial charge is 0.393 e. The SMILES string of the molecule is CC(=O)N(Cc1ccccc1)[C@H]1CC[C@@H]2C[C@H]1CC[C@@H]2O. The molecule has 3 nitrogen and oxygen atoms in total. The highest BCUT2D eigenvalue weighted by Gasteiger charge is 2.40. The van der Waals surface area contributed by atoms with E-state index in [2.05, 4.69) is 17.0 Å². The summed E-state index contributed by atoms with van der Waals surface area (Å²) in [7, 11) is 0. The van der Waals surface area contributed by atoms with E-state index in [-0.39, 0.29) is 12.0 Å². The second kappa shape index (κ2) is 6.18. The Kier molecular flexibility index (Phi) is 4.29. The number of amides is 1. The molecule has 3 heteroatoms. The maximum atomic E-state index is 12.1. The molecule has 1 amide bonds. The summed E-state index contributed by atoms with van der Waals surface area (Å²) < 4.78 is 0. The highest BCUT2D eigenvalue weighted by Crippen LogP contribution is 2.42. The van der Waals surface area contributed by atoms with Gasteiger partial charge in [0.2, 0.25) is 5.91 Å². The van der Waals surface area contributed by atoms with Gasteiger partial charge in [0.05, 0.1) is 6.10 Å². The van der Waals surface area contributed by atoms with E-state index < -0.39 is 0 Å². The number of hydrogen-bond acceptors (Lipinski definition) is 2. The van der Waals surface area contributed by atoms with Gasteiger partial charge in [0, 0.05) is 19.5 Å². The van der Waals surface area contributed by atoms with Crippen molar-refractivity contribution in [1.29, 1.82) is 0 Å². The minimum absolute atomic E-state index is 0.109. The Hall–Kier alpha value is -1.35. The second-order valence-electron chi connectivity index (χ2n) is 6.68. The number of fused-ring (bicyclic) bond motifs is 2. The zero-order valence-corrected chi connectivity index (χ0v) is 12.7. The third-order valence-corrected chi connectivity index (χ3v) is 5.36. The lowest BCUT2D eigenvalue weighted by atomic mass is 9.68. The molecule has 2 fully saturated rings. The highest BCUT2D eigenvalue weighted by molar-refractivity contribution is 5.73. The van der Waals surface area contributed by atoms with Crippen LogP contribution < -0.4 is 0 Å². The average Bonchev–Trinajstić information content (AvgIpc) is 2.50. The third-order valence-electron chi connectivity index (χ3n) is 5.36. The van der Waals surface area contributed by atoms with Gasteiger partial charge >= 0.3 is 0 Å². The lowest BCUT2D eigenvalue weighted by Crippen LogP contribution is -2.49. The monoisotopic (exact) mass is 287 g/mol. The predicted octanol–water partition coefficient (Wildman–Crippen LogP) is 2.97. The Morgan fingerprint density at radius 3 is 2.57 bits per heavy atom. The number of rotatable bonds is 3. The molecule has 0 spiro atoms. The molecule has 2 saturated carbocycles. The Morgan fingerprint density at radius 1 is 1.14 bits per heavy atom. The summed E-state index contributed by atoms with van der Waals surface area (Å²) in [6, 6.07) is 10.6. The first-order valence-electron chi connectivity index (χ1n) is 8.14. The first kappa shape index (κ1) is 14.6. The van der Waals surface area contributed by atoms with Gasteiger partial charge in [0.1, 0.15) is 0 Å². The Morgan fingerprint density at radius 2 is 1.86 bits per heavy atom. The Balaban J connectivity index is 1.74. The van der Waals surface area contributed by atoms with Crippen molar-refractivity contribution in [2.45, 2.75) is 57.7 Å². The molecule has 3 rings (SSSR count). The number of hydrogen-bond donors (Lipinski definition) is 1. The summed E-state index contributed by atoms with van der Waals surface area (Å²) in [5, 5.41) is 10.0. The number of carbonyl (C=O) groups is 1. The molecular weight excluding hydrogens is 262 g/mol. The van der Waals surface area contributed by atoms with Crippen molar-refractivity contribution >= 4 is 5.91 Å². The molecule has 2 aliphatic rings. The molecule has 1 aromatic carbocycles. The molecule has 114 valence electrons. The van der Waals surface area contributed by atoms with Gasteiger partial charge in [-0.2, -0.15) is 0 Å². The van der Waals surface area contributed by atoms with Crippen molar-refractivity contribution in [2.75, 3.05) is 0 Å². The van der Waals surface area contributed by atoms with Crippen molar-refractivity contribution in [3.63, 3.8) is 0 Å². The standard InChI is InChI=1S/C18H25NO2/c1-13(20)19(12-14-5-3-2-4-6-14)17-9-7-16-11-15(17)8-10-18(16)21/h2-6,15-18,21H,7-12H2,1H3/t15-,16-,17+,18+/m1/s1. The molecule has 0 aromatic heterocycles. The zero-order chi connectivity index (χ0) is 14.8. The van der Waals surface area contributed by atoms with Crippen LogP contribution in [0, 0.1) is 11.8 Å². The molecule has 2 bridgehead atoms. The van der Waals surface area contributed by atoms with E-state index in [0.717, 1.165) is 32.1 Å². The minimum Gasteiger partial charge on any atom is -0.393 e. The number of carbonyl (C=O) groups excluding carboxylic acids is 1. The summed E-state index contributed by atoms with van der Waals surface area (Å²) in [4.78, 5) is 14.2. The van der Waals surface area contributed by atoms with Gasteiger partial charge in [-0.1, -0.05) is 30.3 Å². The van der Waals surface area contributed by atoms with Gasteiger partial charge in [0.15, 0.2) is 0 Å². The molecule has 1 aromatic rings. The van der Waals surface area contributed by atoms with Crippen LogP contribution in [-0.2, 0) is 11.3 Å². The van der Waals surface area contributed by atoms with Crippen LogP contribution in [0.25, 0.3) is 0 Å². The van der Waals surface area contributed by atoms with Gasteiger partial charge in [-0.05, 0) is 49.5 Å². The predicted molar refractivity (Wildman–Crippen MR) is 82.5 cm³/mol. The quantitative estimate of drug-likeness (QED) is 0.928. The van der Waals surface area contributed by atoms with Crippen LogP contribution in [0.3, 0.4) is 0 Å². The Bertz CT molecular complexity index is 487.